The summed E-state index contributed by atoms with van der Waals surface area (Å²) in [5.41, 5.74) is -5.03. The second-order valence-electron chi connectivity index (χ2n) is 24.2. The lowest BCUT2D eigenvalue weighted by Crippen LogP contribution is -2.53. The first-order valence-electron chi connectivity index (χ1n) is 25.3. The van der Waals surface area contributed by atoms with E-state index in [4.69, 9.17) is 28.4 Å². The molecule has 2 aliphatic heterocycles. The summed E-state index contributed by atoms with van der Waals surface area (Å²) < 4.78 is 34.2. The summed E-state index contributed by atoms with van der Waals surface area (Å²) in [7, 11) is 0. The minimum Gasteiger partial charge on any atom is -0.444 e. The quantitative estimate of drug-likeness (QED) is 0.334. The zero-order valence-electron chi connectivity index (χ0n) is 47.5. The van der Waals surface area contributed by atoms with Crippen molar-refractivity contribution in [3.05, 3.63) is 0 Å². The van der Waals surface area contributed by atoms with Crippen LogP contribution in [0.15, 0.2) is 0 Å². The molecule has 0 aromatic heterocycles. The molecular weight excluding hydrogens is 951 g/mol. The van der Waals surface area contributed by atoms with Crippen LogP contribution in [0, 0.1) is 0 Å². The van der Waals surface area contributed by atoms with Crippen LogP contribution in [-0.4, -0.2) is 239 Å². The predicted octanol–water partition coefficient (Wildman–Crippen LogP) is 5.68. The Morgan fingerprint density at radius 1 is 0.260 bits per heavy atom. The van der Waals surface area contributed by atoms with Crippen molar-refractivity contribution in [1.29, 1.82) is 0 Å². The standard InChI is InChI=1S/C50H91N9O14/c1-45(2,3)68-39(62)54-23-19-52(20-24-55(40(63)69-46(4,5)6)28-32-58(31-27-54)43(66)72-49(13,14)15)37(60)35-51-36-38(61)53-21-25-56(41(64)70-47(7,8)9)29-33-59(44(67)73-50(16,17)18)34-30-57(26-22-53)42(65)71-48(10,11)12/h51H,19-36H2,1-18H3. The average Bonchev–Trinajstić information content (AvgIpc) is 3.17. The lowest BCUT2D eigenvalue weighted by molar-refractivity contribution is -0.132. The molecule has 2 heterocycles. The van der Waals surface area contributed by atoms with Gasteiger partial charge in [-0.15, -0.1) is 0 Å². The van der Waals surface area contributed by atoms with Crippen LogP contribution < -0.4 is 5.32 Å². The summed E-state index contributed by atoms with van der Waals surface area (Å²) in [5.74, 6) is -0.882. The van der Waals surface area contributed by atoms with E-state index in [9.17, 15) is 38.4 Å². The highest BCUT2D eigenvalue weighted by molar-refractivity contribution is 5.82. The fraction of sp³-hybridized carbons (Fsp3) is 0.840. The predicted molar refractivity (Wildman–Crippen MR) is 273 cm³/mol. The monoisotopic (exact) mass is 1040 g/mol. The van der Waals surface area contributed by atoms with Crippen molar-refractivity contribution in [1.82, 2.24) is 44.5 Å². The van der Waals surface area contributed by atoms with Gasteiger partial charge in [0.25, 0.3) is 0 Å². The molecule has 2 aliphatic rings. The Morgan fingerprint density at radius 2 is 0.384 bits per heavy atom. The molecule has 0 bridgehead atoms. The van der Waals surface area contributed by atoms with Gasteiger partial charge in [0.15, 0.2) is 0 Å². The molecule has 0 spiro atoms. The minimum absolute atomic E-state index is 0.000210. The van der Waals surface area contributed by atoms with Gasteiger partial charge in [-0.3, -0.25) is 14.9 Å². The third-order valence-electron chi connectivity index (χ3n) is 10.3. The van der Waals surface area contributed by atoms with Gasteiger partial charge in [0.2, 0.25) is 11.8 Å². The Balaban J connectivity index is 2.45. The maximum absolute atomic E-state index is 14.2. The van der Waals surface area contributed by atoms with Gasteiger partial charge in [-0.2, -0.15) is 0 Å². The maximum Gasteiger partial charge on any atom is 0.410 e. The molecule has 0 unspecified atom stereocenters. The minimum atomic E-state index is -0.847. The molecule has 0 aromatic carbocycles. The summed E-state index contributed by atoms with van der Waals surface area (Å²) in [6, 6.07) is 0. The largest absolute Gasteiger partial charge is 0.444 e. The molecular formula is C50H91N9O14. The molecule has 420 valence electrons. The highest BCUT2D eigenvalue weighted by Crippen LogP contribution is 2.18. The van der Waals surface area contributed by atoms with E-state index >= 15 is 0 Å². The molecule has 2 saturated heterocycles. The van der Waals surface area contributed by atoms with Crippen molar-refractivity contribution in [3.63, 3.8) is 0 Å². The Hall–Kier alpha value is -5.48. The van der Waals surface area contributed by atoms with Crippen LogP contribution in [0.1, 0.15) is 125 Å². The van der Waals surface area contributed by atoms with Crippen LogP contribution in [-0.2, 0) is 38.0 Å². The third kappa shape index (κ3) is 26.3. The normalized spacial score (nSPS) is 17.2. The number of carbonyl (C=O) groups is 8. The van der Waals surface area contributed by atoms with Crippen molar-refractivity contribution in [2.45, 2.75) is 158 Å². The second kappa shape index (κ2) is 26.6. The molecule has 0 radical (unpaired) electrons. The second-order valence-corrected chi connectivity index (χ2v) is 24.2. The van der Waals surface area contributed by atoms with E-state index in [2.05, 4.69) is 5.32 Å². The topological polar surface area (TPSA) is 230 Å². The average molecular weight is 1040 g/mol. The summed E-state index contributed by atoms with van der Waals surface area (Å²) in [4.78, 5) is 121. The van der Waals surface area contributed by atoms with E-state index in [1.807, 2.05) is 0 Å². The first-order valence-corrected chi connectivity index (χ1v) is 25.3. The van der Waals surface area contributed by atoms with Crippen LogP contribution >= 0.6 is 0 Å². The molecule has 0 aromatic rings. The van der Waals surface area contributed by atoms with E-state index in [0.717, 1.165) is 0 Å². The van der Waals surface area contributed by atoms with E-state index in [1.54, 1.807) is 125 Å². The van der Waals surface area contributed by atoms with Gasteiger partial charge in [-0.1, -0.05) is 0 Å². The molecule has 1 N–H and O–H groups in total. The van der Waals surface area contributed by atoms with Crippen LogP contribution in [0.5, 0.6) is 0 Å². The third-order valence-corrected chi connectivity index (χ3v) is 10.3. The van der Waals surface area contributed by atoms with Gasteiger partial charge in [0.1, 0.15) is 33.6 Å². The number of nitrogens with zero attached hydrogens (tertiary/aromatic N) is 8. The van der Waals surface area contributed by atoms with Gasteiger partial charge in [0, 0.05) is 105 Å². The van der Waals surface area contributed by atoms with Crippen LogP contribution in [0.25, 0.3) is 0 Å². The van der Waals surface area contributed by atoms with Gasteiger partial charge in [0.05, 0.1) is 13.1 Å². The number of ether oxygens (including phenoxy) is 6. The van der Waals surface area contributed by atoms with Crippen LogP contribution in [0.3, 0.4) is 0 Å². The fourth-order valence-electron chi connectivity index (χ4n) is 6.88. The summed E-state index contributed by atoms with van der Waals surface area (Å²) in [6.07, 6.45) is -3.86. The zero-order chi connectivity index (χ0) is 55.9. The molecule has 0 aliphatic carbocycles. The first-order chi connectivity index (χ1) is 33.2. The summed E-state index contributed by atoms with van der Waals surface area (Å²) in [5, 5.41) is 2.97. The van der Waals surface area contributed by atoms with Gasteiger partial charge < -0.3 is 67.6 Å². The summed E-state index contributed by atoms with van der Waals surface area (Å²) in [6.45, 7) is 30.8. The molecule has 73 heavy (non-hydrogen) atoms. The number of nitrogens with one attached hydrogen (secondary N) is 1. The Morgan fingerprint density at radius 3 is 0.507 bits per heavy atom. The van der Waals surface area contributed by atoms with Gasteiger partial charge in [-0.05, 0) is 125 Å². The van der Waals surface area contributed by atoms with Crippen molar-refractivity contribution >= 4 is 48.4 Å². The van der Waals surface area contributed by atoms with E-state index in [-0.39, 0.29) is 118 Å². The highest BCUT2D eigenvalue weighted by Gasteiger charge is 2.33. The van der Waals surface area contributed by atoms with Crippen molar-refractivity contribution < 1.29 is 66.8 Å². The van der Waals surface area contributed by atoms with Crippen molar-refractivity contribution in [2.75, 3.05) is 118 Å². The highest BCUT2D eigenvalue weighted by atomic mass is 16.6. The number of carbonyl (C=O) groups excluding carboxylic acids is 8. The molecule has 8 amide bonds. The van der Waals surface area contributed by atoms with Crippen LogP contribution in [0.2, 0.25) is 0 Å². The number of rotatable bonds is 4. The lowest BCUT2D eigenvalue weighted by atomic mass is 10.2. The fourth-order valence-corrected chi connectivity index (χ4v) is 6.88. The van der Waals surface area contributed by atoms with E-state index in [0.29, 0.717) is 0 Å². The summed E-state index contributed by atoms with van der Waals surface area (Å²) >= 11 is 0. The zero-order valence-corrected chi connectivity index (χ0v) is 47.5. The molecule has 0 atom stereocenters. The first kappa shape index (κ1) is 63.6. The smallest absolute Gasteiger partial charge is 0.410 e. The SMILES string of the molecule is CC(C)(C)OC(=O)N1CCN(C(=O)CNCC(=O)N2CCN(C(=O)OC(C)(C)C)CCN(C(=O)OC(C)(C)C)CCN(C(=O)OC(C)(C)C)CC2)CCN(C(=O)OC(C)(C)C)CCN(C(=O)OC(C)(C)C)CC1. The lowest BCUT2D eigenvalue weighted by Gasteiger charge is -2.36. The molecule has 2 fully saturated rings. The van der Waals surface area contributed by atoms with Crippen molar-refractivity contribution in [2.24, 2.45) is 0 Å². The van der Waals surface area contributed by atoms with E-state index < -0.39 is 82.0 Å². The molecule has 0 saturated carbocycles. The van der Waals surface area contributed by atoms with Gasteiger partial charge >= 0.3 is 36.6 Å². The molecule has 2 rings (SSSR count). The Labute approximate surface area is 434 Å². The van der Waals surface area contributed by atoms with Crippen molar-refractivity contribution in [3.8, 4) is 0 Å². The number of hydrogen-bond donors (Lipinski definition) is 1. The molecule has 23 nitrogen and oxygen atoms in total. The number of hydrogen-bond acceptors (Lipinski definition) is 15. The van der Waals surface area contributed by atoms with Crippen LogP contribution in [0.4, 0.5) is 28.8 Å². The van der Waals surface area contributed by atoms with E-state index in [1.165, 1.54) is 39.2 Å². The molecule has 23 heteroatoms. The Bertz CT molecular complexity index is 1660. The Kier molecular flexibility index (Phi) is 23.2. The van der Waals surface area contributed by atoms with Gasteiger partial charge in [-0.25, -0.2) is 28.8 Å². The number of amides is 8. The maximum atomic E-state index is 14.2.